The molecule has 100 valence electrons. The van der Waals surface area contributed by atoms with Crippen LogP contribution in [0.5, 0.6) is 0 Å². The largest absolute Gasteiger partial charge is 0.324 e. The van der Waals surface area contributed by atoms with Crippen LogP contribution in [-0.2, 0) is 6.42 Å². The number of nitrogens with two attached hydrogens (primary N) is 1. The van der Waals surface area contributed by atoms with Crippen LogP contribution in [0, 0.1) is 11.6 Å². The molecule has 2 aromatic carbocycles. The summed E-state index contributed by atoms with van der Waals surface area (Å²) in [6, 6.07) is 8.76. The van der Waals surface area contributed by atoms with E-state index in [9.17, 15) is 8.78 Å². The van der Waals surface area contributed by atoms with E-state index in [-0.39, 0.29) is 10.8 Å². The lowest BCUT2D eigenvalue weighted by Crippen LogP contribution is -2.14. The van der Waals surface area contributed by atoms with Crippen LogP contribution >= 0.6 is 27.5 Å². The minimum Gasteiger partial charge on any atom is -0.324 e. The van der Waals surface area contributed by atoms with Gasteiger partial charge in [-0.15, -0.1) is 0 Å². The lowest BCUT2D eigenvalue weighted by Gasteiger charge is -2.14. The molecule has 0 aromatic heterocycles. The number of benzene rings is 2. The highest BCUT2D eigenvalue weighted by atomic mass is 79.9. The quantitative estimate of drug-likeness (QED) is 0.862. The first-order valence-corrected chi connectivity index (χ1v) is 6.79. The first-order valence-electron chi connectivity index (χ1n) is 5.62. The van der Waals surface area contributed by atoms with E-state index < -0.39 is 11.9 Å². The molecule has 0 aliphatic rings. The van der Waals surface area contributed by atoms with Gasteiger partial charge in [0.2, 0.25) is 0 Å². The van der Waals surface area contributed by atoms with Gasteiger partial charge in [-0.25, -0.2) is 8.78 Å². The van der Waals surface area contributed by atoms with Crippen LogP contribution in [0.15, 0.2) is 40.9 Å². The van der Waals surface area contributed by atoms with Crippen LogP contribution < -0.4 is 5.73 Å². The lowest BCUT2D eigenvalue weighted by molar-refractivity contribution is 0.615. The summed E-state index contributed by atoms with van der Waals surface area (Å²) in [6.07, 6.45) is 0.446. The van der Waals surface area contributed by atoms with Gasteiger partial charge in [-0.2, -0.15) is 0 Å². The average molecular weight is 347 g/mol. The van der Waals surface area contributed by atoms with Crippen molar-refractivity contribution < 1.29 is 8.78 Å². The smallest absolute Gasteiger partial charge is 0.142 e. The van der Waals surface area contributed by atoms with Crippen LogP contribution in [0.2, 0.25) is 5.02 Å². The predicted molar refractivity (Wildman–Crippen MR) is 76.1 cm³/mol. The molecule has 0 aliphatic heterocycles. The topological polar surface area (TPSA) is 26.0 Å². The van der Waals surface area contributed by atoms with Gasteiger partial charge >= 0.3 is 0 Å². The Balaban J connectivity index is 2.23. The average Bonchev–Trinajstić information content (AvgIpc) is 2.37. The highest BCUT2D eigenvalue weighted by Gasteiger charge is 2.14. The van der Waals surface area contributed by atoms with E-state index in [1.54, 1.807) is 24.3 Å². The molecule has 0 amide bonds. The molecule has 0 bridgehead atoms. The predicted octanol–water partition coefficient (Wildman–Crippen LogP) is 4.62. The maximum Gasteiger partial charge on any atom is 0.142 e. The van der Waals surface area contributed by atoms with Crippen molar-refractivity contribution in [2.75, 3.05) is 0 Å². The van der Waals surface area contributed by atoms with E-state index in [4.69, 9.17) is 17.3 Å². The Morgan fingerprint density at radius 2 is 1.89 bits per heavy atom. The van der Waals surface area contributed by atoms with Gasteiger partial charge in [-0.05, 0) is 51.7 Å². The lowest BCUT2D eigenvalue weighted by atomic mass is 9.99. The molecule has 2 N–H and O–H groups in total. The molecule has 5 heteroatoms. The Morgan fingerprint density at radius 3 is 2.58 bits per heavy atom. The monoisotopic (exact) mass is 345 g/mol. The highest BCUT2D eigenvalue weighted by Crippen LogP contribution is 2.27. The molecule has 1 nitrogen and oxygen atoms in total. The summed E-state index contributed by atoms with van der Waals surface area (Å²) < 4.78 is 26.9. The first-order chi connectivity index (χ1) is 8.99. The van der Waals surface area contributed by atoms with Crippen molar-refractivity contribution in [3.8, 4) is 0 Å². The molecular weight excluding hydrogens is 336 g/mol. The Morgan fingerprint density at radius 1 is 1.16 bits per heavy atom. The molecule has 0 radical (unpaired) electrons. The van der Waals surface area contributed by atoms with Crippen LogP contribution in [-0.4, -0.2) is 0 Å². The third-order valence-electron chi connectivity index (χ3n) is 2.82. The van der Waals surface area contributed by atoms with Crippen molar-refractivity contribution in [1.82, 2.24) is 0 Å². The Labute approximate surface area is 123 Å². The van der Waals surface area contributed by atoms with Gasteiger partial charge in [0.25, 0.3) is 0 Å². The number of halogens is 4. The summed E-state index contributed by atoms with van der Waals surface area (Å²) in [5.41, 5.74) is 7.42. The third-order valence-corrected chi connectivity index (χ3v) is 3.83. The van der Waals surface area contributed by atoms with E-state index in [1.165, 1.54) is 12.1 Å². The van der Waals surface area contributed by atoms with Gasteiger partial charge in [0.05, 0.1) is 9.50 Å². The first kappa shape index (κ1) is 14.4. The molecule has 0 fully saturated rings. The second-order valence-electron chi connectivity index (χ2n) is 4.20. The molecule has 0 heterocycles. The second kappa shape index (κ2) is 5.99. The van der Waals surface area contributed by atoms with Crippen LogP contribution in [0.4, 0.5) is 8.78 Å². The third kappa shape index (κ3) is 3.32. The van der Waals surface area contributed by atoms with Gasteiger partial charge in [0, 0.05) is 6.04 Å². The minimum atomic E-state index is -0.491. The maximum absolute atomic E-state index is 13.4. The number of hydrogen-bond acceptors (Lipinski definition) is 1. The second-order valence-corrected chi connectivity index (χ2v) is 5.43. The van der Waals surface area contributed by atoms with E-state index in [2.05, 4.69) is 15.9 Å². The van der Waals surface area contributed by atoms with Crippen LogP contribution in [0.1, 0.15) is 17.2 Å². The van der Waals surface area contributed by atoms with Crippen molar-refractivity contribution in [3.63, 3.8) is 0 Å². The maximum atomic E-state index is 13.4. The van der Waals surface area contributed by atoms with Gasteiger partial charge in [0.1, 0.15) is 11.6 Å². The summed E-state index contributed by atoms with van der Waals surface area (Å²) in [7, 11) is 0. The van der Waals surface area contributed by atoms with Gasteiger partial charge < -0.3 is 5.73 Å². The molecule has 0 spiro atoms. The Bertz CT molecular complexity index is 604. The molecule has 2 rings (SSSR count). The zero-order valence-electron chi connectivity index (χ0n) is 9.84. The van der Waals surface area contributed by atoms with E-state index in [0.29, 0.717) is 16.5 Å². The highest BCUT2D eigenvalue weighted by molar-refractivity contribution is 9.10. The van der Waals surface area contributed by atoms with Crippen molar-refractivity contribution >= 4 is 27.5 Å². The van der Waals surface area contributed by atoms with E-state index >= 15 is 0 Å². The summed E-state index contributed by atoms with van der Waals surface area (Å²) >= 11 is 9.00. The number of rotatable bonds is 3. The van der Waals surface area contributed by atoms with Gasteiger partial charge in [-0.3, -0.25) is 0 Å². The Hall–Kier alpha value is -0.970. The molecule has 1 atom stereocenters. The molecular formula is C14H11BrClF2N. The summed E-state index contributed by atoms with van der Waals surface area (Å²) in [5.74, 6) is -0.823. The molecule has 0 saturated carbocycles. The molecule has 0 saturated heterocycles. The van der Waals surface area contributed by atoms with E-state index in [1.807, 2.05) is 0 Å². The zero-order valence-corrected chi connectivity index (χ0v) is 12.2. The number of hydrogen-bond donors (Lipinski definition) is 1. The molecule has 0 aliphatic carbocycles. The molecule has 1 unspecified atom stereocenters. The summed E-state index contributed by atoms with van der Waals surface area (Å²) in [5, 5.41) is 0.0381. The van der Waals surface area contributed by atoms with Gasteiger partial charge in [-0.1, -0.05) is 29.8 Å². The fraction of sp³-hybridized carbons (Fsp3) is 0.143. The standard InChI is InChI=1S/C14H11BrClF2N/c15-10-6-8(4-5-11(10)17)7-13(19)9-2-1-3-12(18)14(9)16/h1-6,13H,7,19H2. The summed E-state index contributed by atoms with van der Waals surface area (Å²) in [6.45, 7) is 0. The van der Waals surface area contributed by atoms with Crippen LogP contribution in [0.25, 0.3) is 0 Å². The minimum absolute atomic E-state index is 0.0381. The normalized spacial score (nSPS) is 12.5. The van der Waals surface area contributed by atoms with Crippen molar-refractivity contribution in [3.05, 3.63) is 68.7 Å². The fourth-order valence-corrected chi connectivity index (χ4v) is 2.53. The SMILES string of the molecule is NC(Cc1ccc(F)c(Br)c1)c1cccc(F)c1Cl. The fourth-order valence-electron chi connectivity index (χ4n) is 1.84. The molecule has 2 aromatic rings. The van der Waals surface area contributed by atoms with Crippen molar-refractivity contribution in [2.45, 2.75) is 12.5 Å². The molecule has 19 heavy (non-hydrogen) atoms. The van der Waals surface area contributed by atoms with E-state index in [0.717, 1.165) is 5.56 Å². The zero-order chi connectivity index (χ0) is 14.0. The van der Waals surface area contributed by atoms with Crippen molar-refractivity contribution in [2.24, 2.45) is 5.73 Å². The van der Waals surface area contributed by atoms with Crippen LogP contribution in [0.3, 0.4) is 0 Å². The van der Waals surface area contributed by atoms with Gasteiger partial charge in [0.15, 0.2) is 0 Å². The Kier molecular flexibility index (Phi) is 4.55. The van der Waals surface area contributed by atoms with Crippen molar-refractivity contribution in [1.29, 1.82) is 0 Å². The summed E-state index contributed by atoms with van der Waals surface area (Å²) in [4.78, 5) is 0.